The second kappa shape index (κ2) is 10.3. The molecule has 2 fully saturated rings. The molecule has 0 aromatic heterocycles. The van der Waals surface area contributed by atoms with Gasteiger partial charge in [0.1, 0.15) is 6.04 Å². The zero-order valence-corrected chi connectivity index (χ0v) is 16.8. The Morgan fingerprint density at radius 2 is 2.03 bits per heavy atom. The molecule has 156 valence electrons. The Hall–Kier alpha value is -3.59. The molecule has 2 saturated heterocycles. The zero-order valence-electron chi connectivity index (χ0n) is 16.8. The van der Waals surface area contributed by atoms with Gasteiger partial charge < -0.3 is 15.1 Å². The summed E-state index contributed by atoms with van der Waals surface area (Å²) < 4.78 is 0. The molecular formula is C21H25N7O2. The van der Waals surface area contributed by atoms with Crippen molar-refractivity contribution in [3.63, 3.8) is 0 Å². The molecule has 9 nitrogen and oxygen atoms in total. The summed E-state index contributed by atoms with van der Waals surface area (Å²) in [6, 6.07) is 6.11. The van der Waals surface area contributed by atoms with E-state index in [0.29, 0.717) is 24.3 Å². The van der Waals surface area contributed by atoms with Crippen molar-refractivity contribution in [2.24, 2.45) is 4.99 Å². The number of likely N-dealkylation sites (tertiary alicyclic amines) is 2. The molecule has 2 N–H and O–H groups in total. The third kappa shape index (κ3) is 5.48. The SMILES string of the molecule is [C-]#[N+]c1cccc(NC(=NC2CCCCN(CC(=O)N3CCCC3)C2=O)NC#N)c1. The lowest BCUT2D eigenvalue weighted by atomic mass is 10.1. The van der Waals surface area contributed by atoms with Crippen LogP contribution in [0.15, 0.2) is 29.3 Å². The van der Waals surface area contributed by atoms with Crippen LogP contribution in [0, 0.1) is 18.0 Å². The van der Waals surface area contributed by atoms with Gasteiger partial charge in [-0.05, 0) is 44.2 Å². The molecular weight excluding hydrogens is 382 g/mol. The average molecular weight is 407 g/mol. The summed E-state index contributed by atoms with van der Waals surface area (Å²) in [5.74, 6) is -0.0744. The normalized spacial score (nSPS) is 19.6. The summed E-state index contributed by atoms with van der Waals surface area (Å²) in [5.41, 5.74) is 1.04. The number of hydrogen-bond donors (Lipinski definition) is 2. The van der Waals surface area contributed by atoms with Gasteiger partial charge in [0.25, 0.3) is 0 Å². The highest BCUT2D eigenvalue weighted by molar-refractivity contribution is 5.97. The average Bonchev–Trinajstić information content (AvgIpc) is 3.24. The number of benzene rings is 1. The van der Waals surface area contributed by atoms with Gasteiger partial charge in [-0.2, -0.15) is 5.26 Å². The fraction of sp³-hybridized carbons (Fsp3) is 0.476. The summed E-state index contributed by atoms with van der Waals surface area (Å²) >= 11 is 0. The largest absolute Gasteiger partial charge is 0.341 e. The zero-order chi connectivity index (χ0) is 21.3. The van der Waals surface area contributed by atoms with Crippen molar-refractivity contribution in [3.8, 4) is 6.19 Å². The summed E-state index contributed by atoms with van der Waals surface area (Å²) in [6.07, 6.45) is 6.02. The van der Waals surface area contributed by atoms with Gasteiger partial charge in [0.2, 0.25) is 17.8 Å². The lowest BCUT2D eigenvalue weighted by molar-refractivity contribution is -0.140. The maximum Gasteiger partial charge on any atom is 0.247 e. The first-order chi connectivity index (χ1) is 14.6. The minimum Gasteiger partial charge on any atom is -0.341 e. The summed E-state index contributed by atoms with van der Waals surface area (Å²) in [4.78, 5) is 36.8. The van der Waals surface area contributed by atoms with Crippen LogP contribution in [0.4, 0.5) is 11.4 Å². The Labute approximate surface area is 176 Å². The van der Waals surface area contributed by atoms with Crippen molar-refractivity contribution >= 4 is 29.1 Å². The van der Waals surface area contributed by atoms with Crippen LogP contribution in [0.5, 0.6) is 0 Å². The standard InChI is InChI=1S/C21H25N7O2/c1-23-16-7-6-8-17(13-16)25-21(24-15-22)26-18-9-2-3-12-28(20(18)30)14-19(29)27-10-4-5-11-27/h6-8,13,18H,2-5,9-12,14H2,(H2,24,25,26). The highest BCUT2D eigenvalue weighted by atomic mass is 16.2. The lowest BCUT2D eigenvalue weighted by Gasteiger charge is -2.25. The van der Waals surface area contributed by atoms with Gasteiger partial charge in [0, 0.05) is 25.3 Å². The van der Waals surface area contributed by atoms with E-state index in [0.717, 1.165) is 38.8 Å². The Kier molecular flexibility index (Phi) is 7.23. The van der Waals surface area contributed by atoms with E-state index in [4.69, 9.17) is 11.8 Å². The van der Waals surface area contributed by atoms with E-state index < -0.39 is 6.04 Å². The van der Waals surface area contributed by atoms with E-state index in [9.17, 15) is 9.59 Å². The van der Waals surface area contributed by atoms with Gasteiger partial charge in [0.15, 0.2) is 11.9 Å². The molecule has 1 unspecified atom stereocenters. The number of nitriles is 1. The van der Waals surface area contributed by atoms with Crippen molar-refractivity contribution in [3.05, 3.63) is 35.7 Å². The molecule has 0 bridgehead atoms. The summed E-state index contributed by atoms with van der Waals surface area (Å²) in [7, 11) is 0. The molecule has 0 aliphatic carbocycles. The molecule has 2 heterocycles. The van der Waals surface area contributed by atoms with Crippen LogP contribution in [0.25, 0.3) is 4.85 Å². The Balaban J connectivity index is 1.73. The predicted octanol–water partition coefficient (Wildman–Crippen LogP) is 2.08. The highest BCUT2D eigenvalue weighted by Gasteiger charge is 2.30. The second-order valence-corrected chi connectivity index (χ2v) is 7.36. The quantitative estimate of drug-likeness (QED) is 0.261. The first-order valence-electron chi connectivity index (χ1n) is 10.1. The van der Waals surface area contributed by atoms with Gasteiger partial charge in [-0.3, -0.25) is 14.9 Å². The van der Waals surface area contributed by atoms with Gasteiger partial charge in [-0.25, -0.2) is 9.84 Å². The molecule has 1 aromatic carbocycles. The van der Waals surface area contributed by atoms with E-state index in [-0.39, 0.29) is 24.3 Å². The highest BCUT2D eigenvalue weighted by Crippen LogP contribution is 2.19. The molecule has 2 aliphatic heterocycles. The number of guanidine groups is 1. The Bertz CT molecular complexity index is 893. The van der Waals surface area contributed by atoms with E-state index in [1.165, 1.54) is 0 Å². The molecule has 0 spiro atoms. The van der Waals surface area contributed by atoms with Crippen molar-refractivity contribution in [1.29, 1.82) is 5.26 Å². The number of nitrogens with one attached hydrogen (secondary N) is 2. The van der Waals surface area contributed by atoms with Crippen molar-refractivity contribution in [2.75, 3.05) is 31.5 Å². The number of nitrogens with zero attached hydrogens (tertiary/aromatic N) is 5. The topological polar surface area (TPSA) is 105 Å². The lowest BCUT2D eigenvalue weighted by Crippen LogP contribution is -2.45. The van der Waals surface area contributed by atoms with Crippen LogP contribution in [-0.2, 0) is 9.59 Å². The number of anilines is 1. The van der Waals surface area contributed by atoms with E-state index in [1.54, 1.807) is 29.2 Å². The number of rotatable bonds is 4. The number of aliphatic imine (C=N–C) groups is 1. The molecule has 30 heavy (non-hydrogen) atoms. The molecule has 0 radical (unpaired) electrons. The number of carbonyl (C=O) groups excluding carboxylic acids is 2. The maximum atomic E-state index is 13.1. The van der Waals surface area contributed by atoms with Crippen LogP contribution >= 0.6 is 0 Å². The fourth-order valence-corrected chi connectivity index (χ4v) is 3.69. The van der Waals surface area contributed by atoms with Gasteiger partial charge >= 0.3 is 0 Å². The van der Waals surface area contributed by atoms with E-state index in [1.807, 2.05) is 11.1 Å². The summed E-state index contributed by atoms with van der Waals surface area (Å²) in [5, 5.41) is 14.5. The van der Waals surface area contributed by atoms with Crippen LogP contribution in [-0.4, -0.2) is 59.8 Å². The number of hydrogen-bond acceptors (Lipinski definition) is 4. The van der Waals surface area contributed by atoms with Gasteiger partial charge in [0.05, 0.1) is 13.1 Å². The first kappa shape index (κ1) is 21.1. The number of carbonyl (C=O) groups is 2. The first-order valence-corrected chi connectivity index (χ1v) is 10.1. The molecule has 1 aromatic rings. The Morgan fingerprint density at radius 1 is 1.27 bits per heavy atom. The fourth-order valence-electron chi connectivity index (χ4n) is 3.69. The second-order valence-electron chi connectivity index (χ2n) is 7.36. The van der Waals surface area contributed by atoms with Crippen LogP contribution in [0.3, 0.4) is 0 Å². The van der Waals surface area contributed by atoms with Gasteiger partial charge in [-0.15, -0.1) is 0 Å². The van der Waals surface area contributed by atoms with Crippen molar-refractivity contribution in [2.45, 2.75) is 38.1 Å². The number of amides is 2. The third-order valence-corrected chi connectivity index (χ3v) is 5.23. The van der Waals surface area contributed by atoms with Crippen LogP contribution in [0.2, 0.25) is 0 Å². The minimum atomic E-state index is -0.675. The molecule has 3 rings (SSSR count). The smallest absolute Gasteiger partial charge is 0.247 e. The van der Waals surface area contributed by atoms with E-state index >= 15 is 0 Å². The maximum absolute atomic E-state index is 13.1. The predicted molar refractivity (Wildman–Crippen MR) is 113 cm³/mol. The Morgan fingerprint density at radius 3 is 2.77 bits per heavy atom. The minimum absolute atomic E-state index is 0.0186. The van der Waals surface area contributed by atoms with E-state index in [2.05, 4.69) is 20.5 Å². The monoisotopic (exact) mass is 407 g/mol. The molecule has 2 amide bonds. The molecule has 9 heteroatoms. The summed E-state index contributed by atoms with van der Waals surface area (Å²) in [6.45, 7) is 9.24. The molecule has 0 saturated carbocycles. The van der Waals surface area contributed by atoms with Crippen molar-refractivity contribution < 1.29 is 9.59 Å². The molecule has 1 atom stereocenters. The van der Waals surface area contributed by atoms with Crippen molar-refractivity contribution in [1.82, 2.24) is 15.1 Å². The third-order valence-electron chi connectivity index (χ3n) is 5.23. The van der Waals surface area contributed by atoms with Crippen LogP contribution in [0.1, 0.15) is 32.1 Å². The molecule has 2 aliphatic rings. The van der Waals surface area contributed by atoms with Gasteiger partial charge in [-0.1, -0.05) is 12.1 Å². The van der Waals surface area contributed by atoms with Crippen LogP contribution < -0.4 is 10.6 Å².